The lowest BCUT2D eigenvalue weighted by molar-refractivity contribution is 0.0551. The minimum absolute atomic E-state index is 0.0196. The number of benzene rings is 2. The highest BCUT2D eigenvalue weighted by molar-refractivity contribution is 6.30. The predicted molar refractivity (Wildman–Crippen MR) is 135 cm³/mol. The normalized spacial score (nSPS) is 22.3. The van der Waals surface area contributed by atoms with Crippen molar-refractivity contribution in [3.05, 3.63) is 93.9 Å². The zero-order valence-electron chi connectivity index (χ0n) is 20.5. The van der Waals surface area contributed by atoms with Crippen molar-refractivity contribution in [1.82, 2.24) is 14.7 Å². The molecule has 2 aromatic carbocycles. The fourth-order valence-corrected chi connectivity index (χ4v) is 5.83. The summed E-state index contributed by atoms with van der Waals surface area (Å²) in [6.07, 6.45) is 0.772. The first-order valence-corrected chi connectivity index (χ1v) is 12.6. The molecule has 3 atom stereocenters. The van der Waals surface area contributed by atoms with E-state index in [0.29, 0.717) is 49.1 Å². The third-order valence-corrected chi connectivity index (χ3v) is 7.58. The summed E-state index contributed by atoms with van der Waals surface area (Å²) in [4.78, 5) is 19.5. The summed E-state index contributed by atoms with van der Waals surface area (Å²) < 4.78 is 34.4. The molecule has 36 heavy (non-hydrogen) atoms. The Morgan fingerprint density at radius 1 is 1.08 bits per heavy atom. The van der Waals surface area contributed by atoms with E-state index in [2.05, 4.69) is 4.90 Å². The molecule has 1 amide bonds. The van der Waals surface area contributed by atoms with Crippen LogP contribution < -0.4 is 0 Å². The molecule has 2 aliphatic heterocycles. The highest BCUT2D eigenvalue weighted by atomic mass is 35.5. The van der Waals surface area contributed by atoms with E-state index in [1.807, 2.05) is 54.2 Å². The van der Waals surface area contributed by atoms with Gasteiger partial charge in [0.15, 0.2) is 5.76 Å². The van der Waals surface area contributed by atoms with E-state index in [-0.39, 0.29) is 23.8 Å². The minimum atomic E-state index is -0.587. The quantitative estimate of drug-likeness (QED) is 0.442. The number of halogens is 3. The van der Waals surface area contributed by atoms with Crippen molar-refractivity contribution in [1.29, 1.82) is 0 Å². The molecular formula is C28H30ClF2N3O2. The molecule has 3 heterocycles. The van der Waals surface area contributed by atoms with Crippen molar-refractivity contribution in [2.75, 3.05) is 33.7 Å². The molecular weight excluding hydrogens is 484 g/mol. The molecule has 0 bridgehead atoms. The number of piperidine rings is 1. The Labute approximate surface area is 215 Å². The van der Waals surface area contributed by atoms with E-state index in [1.165, 1.54) is 6.07 Å². The van der Waals surface area contributed by atoms with Gasteiger partial charge in [-0.2, -0.15) is 0 Å². The van der Waals surface area contributed by atoms with Crippen LogP contribution in [0, 0.1) is 17.6 Å². The fourth-order valence-electron chi connectivity index (χ4n) is 5.71. The van der Waals surface area contributed by atoms with E-state index in [0.717, 1.165) is 23.8 Å². The number of fused-ring (bicyclic) bond motifs is 1. The predicted octanol–water partition coefficient (Wildman–Crippen LogP) is 5.40. The maximum absolute atomic E-state index is 14.9. The Bertz CT molecular complexity index is 1230. The summed E-state index contributed by atoms with van der Waals surface area (Å²) >= 11 is 6.06. The first kappa shape index (κ1) is 24.9. The molecule has 0 N–H and O–H groups in total. The number of hydrogen-bond donors (Lipinski definition) is 0. The Morgan fingerprint density at radius 2 is 1.86 bits per heavy atom. The van der Waals surface area contributed by atoms with Crippen molar-refractivity contribution in [3.8, 4) is 0 Å². The second-order valence-corrected chi connectivity index (χ2v) is 10.5. The van der Waals surface area contributed by atoms with Gasteiger partial charge in [-0.25, -0.2) is 8.78 Å². The molecule has 2 saturated heterocycles. The van der Waals surface area contributed by atoms with Crippen LogP contribution in [-0.4, -0.2) is 60.4 Å². The van der Waals surface area contributed by atoms with E-state index in [1.54, 1.807) is 12.1 Å². The van der Waals surface area contributed by atoms with Crippen LogP contribution in [0.4, 0.5) is 8.78 Å². The average Bonchev–Trinajstić information content (AvgIpc) is 3.44. The molecule has 0 saturated carbocycles. The summed E-state index contributed by atoms with van der Waals surface area (Å²) in [7, 11) is 3.89. The van der Waals surface area contributed by atoms with Crippen molar-refractivity contribution >= 4 is 17.5 Å². The summed E-state index contributed by atoms with van der Waals surface area (Å²) in [6.45, 7) is 3.04. The van der Waals surface area contributed by atoms with Crippen LogP contribution in [0.25, 0.3) is 0 Å². The van der Waals surface area contributed by atoms with Crippen LogP contribution in [0.5, 0.6) is 0 Å². The van der Waals surface area contributed by atoms with Gasteiger partial charge in [0.05, 0.1) is 6.54 Å². The third kappa shape index (κ3) is 5.19. The largest absolute Gasteiger partial charge is 0.455 e. The summed E-state index contributed by atoms with van der Waals surface area (Å²) in [5.74, 6) is -0.339. The van der Waals surface area contributed by atoms with E-state index >= 15 is 0 Å². The maximum atomic E-state index is 14.9. The Balaban J connectivity index is 1.39. The zero-order chi connectivity index (χ0) is 25.4. The van der Waals surface area contributed by atoms with Gasteiger partial charge in [-0.15, -0.1) is 0 Å². The van der Waals surface area contributed by atoms with Gasteiger partial charge >= 0.3 is 0 Å². The van der Waals surface area contributed by atoms with Crippen LogP contribution in [0.3, 0.4) is 0 Å². The van der Waals surface area contributed by atoms with Gasteiger partial charge in [-0.1, -0.05) is 29.8 Å². The van der Waals surface area contributed by atoms with E-state index in [9.17, 15) is 13.6 Å². The molecule has 0 radical (unpaired) electrons. The van der Waals surface area contributed by atoms with Crippen LogP contribution in [0.1, 0.15) is 39.8 Å². The zero-order valence-corrected chi connectivity index (χ0v) is 21.2. The SMILES string of the molecule is CN(C)Cc1ccc(C(=O)N2CC[C@@H]3[C@H](C2)[C@@H](c2ccc(F)cc2F)CN3Cc2ccc(Cl)cc2)o1. The third-order valence-electron chi connectivity index (χ3n) is 7.33. The monoisotopic (exact) mass is 513 g/mol. The average molecular weight is 514 g/mol. The number of carbonyl (C=O) groups excluding carboxylic acids is 1. The van der Waals surface area contributed by atoms with Gasteiger partial charge < -0.3 is 14.2 Å². The molecule has 2 fully saturated rings. The van der Waals surface area contributed by atoms with Gasteiger partial charge in [0.25, 0.3) is 5.91 Å². The van der Waals surface area contributed by atoms with Crippen LogP contribution in [-0.2, 0) is 13.1 Å². The van der Waals surface area contributed by atoms with Crippen molar-refractivity contribution < 1.29 is 18.0 Å². The molecule has 3 aromatic rings. The van der Waals surface area contributed by atoms with Gasteiger partial charge in [-0.3, -0.25) is 9.69 Å². The number of rotatable bonds is 6. The first-order valence-electron chi connectivity index (χ1n) is 12.2. The van der Waals surface area contributed by atoms with E-state index in [4.69, 9.17) is 16.0 Å². The number of likely N-dealkylation sites (tertiary alicyclic amines) is 2. The van der Waals surface area contributed by atoms with Crippen LogP contribution in [0.2, 0.25) is 5.02 Å². The molecule has 8 heteroatoms. The number of carbonyl (C=O) groups is 1. The van der Waals surface area contributed by atoms with Crippen LogP contribution >= 0.6 is 11.6 Å². The van der Waals surface area contributed by atoms with Crippen LogP contribution in [0.15, 0.2) is 59.0 Å². The number of nitrogens with zero attached hydrogens (tertiary/aromatic N) is 3. The second kappa shape index (κ2) is 10.3. The van der Waals surface area contributed by atoms with E-state index < -0.39 is 11.6 Å². The number of hydrogen-bond acceptors (Lipinski definition) is 4. The number of furan rings is 1. The van der Waals surface area contributed by atoms with Crippen molar-refractivity contribution in [3.63, 3.8) is 0 Å². The molecule has 0 unspecified atom stereocenters. The molecule has 5 rings (SSSR count). The molecule has 1 aromatic heterocycles. The highest BCUT2D eigenvalue weighted by Gasteiger charge is 2.46. The molecule has 0 aliphatic carbocycles. The van der Waals surface area contributed by atoms with Crippen molar-refractivity contribution in [2.24, 2.45) is 5.92 Å². The topological polar surface area (TPSA) is 39.9 Å². The lowest BCUT2D eigenvalue weighted by Crippen LogP contribution is -2.48. The maximum Gasteiger partial charge on any atom is 0.289 e. The van der Waals surface area contributed by atoms with Gasteiger partial charge in [-0.05, 0) is 62.0 Å². The summed E-state index contributed by atoms with van der Waals surface area (Å²) in [5, 5.41) is 0.683. The lowest BCUT2D eigenvalue weighted by Gasteiger charge is -2.39. The Kier molecular flexibility index (Phi) is 7.15. The minimum Gasteiger partial charge on any atom is -0.455 e. The molecule has 2 aliphatic rings. The summed E-state index contributed by atoms with van der Waals surface area (Å²) in [5.41, 5.74) is 1.63. The second-order valence-electron chi connectivity index (χ2n) is 10.1. The lowest BCUT2D eigenvalue weighted by atomic mass is 9.81. The van der Waals surface area contributed by atoms with Crippen molar-refractivity contribution in [2.45, 2.75) is 31.5 Å². The fraction of sp³-hybridized carbons (Fsp3) is 0.393. The molecule has 5 nitrogen and oxygen atoms in total. The highest BCUT2D eigenvalue weighted by Crippen LogP contribution is 2.43. The standard InChI is InChI=1S/C28H30ClF2N3O2/c1-32(2)15-21-8-10-27(36-21)28(35)33-12-11-26-24(17-33)23(22-9-7-20(30)13-25(22)31)16-34(26)14-18-3-5-19(29)6-4-18/h3-10,13,23-24,26H,11-12,14-17H2,1-2H3/t23-,24-,26-/m1/s1. The first-order chi connectivity index (χ1) is 17.3. The Morgan fingerprint density at radius 3 is 2.58 bits per heavy atom. The molecule has 0 spiro atoms. The van der Waals surface area contributed by atoms with Gasteiger partial charge in [0, 0.05) is 55.1 Å². The number of amides is 1. The van der Waals surface area contributed by atoms with Gasteiger partial charge in [0.2, 0.25) is 0 Å². The van der Waals surface area contributed by atoms with Gasteiger partial charge in [0.1, 0.15) is 17.4 Å². The molecule has 190 valence electrons. The Hall–Kier alpha value is -2.74. The summed E-state index contributed by atoms with van der Waals surface area (Å²) in [6, 6.07) is 15.3. The smallest absolute Gasteiger partial charge is 0.289 e.